The van der Waals surface area contributed by atoms with Gasteiger partial charge < -0.3 is 15.4 Å². The van der Waals surface area contributed by atoms with E-state index < -0.39 is 6.17 Å². The van der Waals surface area contributed by atoms with Crippen LogP contribution < -0.4 is 15.4 Å². The van der Waals surface area contributed by atoms with Gasteiger partial charge in [-0.05, 0) is 60.5 Å². The van der Waals surface area contributed by atoms with Gasteiger partial charge in [-0.1, -0.05) is 60.8 Å². The Morgan fingerprint density at radius 2 is 1.38 bits per heavy atom. The van der Waals surface area contributed by atoms with Crippen molar-refractivity contribution >= 4 is 35.0 Å². The average Bonchev–Trinajstić information content (AvgIpc) is 2.79. The highest BCUT2D eigenvalue weighted by Gasteiger charge is 2.19. The Morgan fingerprint density at radius 3 is 1.84 bits per heavy atom. The van der Waals surface area contributed by atoms with Gasteiger partial charge in [-0.15, -0.1) is 0 Å². The Balaban J connectivity index is 1.81. The second kappa shape index (κ2) is 11.6. The van der Waals surface area contributed by atoms with E-state index in [4.69, 9.17) is 27.9 Å². The van der Waals surface area contributed by atoms with Crippen molar-refractivity contribution in [1.29, 1.82) is 0 Å². The van der Waals surface area contributed by atoms with Gasteiger partial charge in [0, 0.05) is 21.2 Å². The van der Waals surface area contributed by atoms with Crippen molar-refractivity contribution in [3.8, 4) is 5.75 Å². The van der Waals surface area contributed by atoms with E-state index in [1.54, 1.807) is 48.5 Å². The molecular weight excluding hydrogens is 447 g/mol. The highest BCUT2D eigenvalue weighted by Crippen LogP contribution is 2.19. The van der Waals surface area contributed by atoms with Crippen molar-refractivity contribution in [3.63, 3.8) is 0 Å². The van der Waals surface area contributed by atoms with E-state index in [0.717, 1.165) is 18.6 Å². The molecule has 0 bridgehead atoms. The molecule has 0 saturated heterocycles. The number of rotatable bonds is 9. The smallest absolute Gasteiger partial charge is 0.253 e. The van der Waals surface area contributed by atoms with Gasteiger partial charge in [0.05, 0.1) is 6.61 Å². The summed E-state index contributed by atoms with van der Waals surface area (Å²) in [5, 5.41) is 6.62. The maximum absolute atomic E-state index is 12.8. The third kappa shape index (κ3) is 6.74. The van der Waals surface area contributed by atoms with Crippen molar-refractivity contribution in [2.24, 2.45) is 0 Å². The average molecular weight is 471 g/mol. The lowest BCUT2D eigenvalue weighted by atomic mass is 10.1. The molecule has 0 radical (unpaired) electrons. The summed E-state index contributed by atoms with van der Waals surface area (Å²) in [7, 11) is 0. The molecule has 3 aromatic carbocycles. The Bertz CT molecular complexity index is 1010. The quantitative estimate of drug-likeness (QED) is 0.296. The molecule has 166 valence electrons. The predicted molar refractivity (Wildman–Crippen MR) is 127 cm³/mol. The first kappa shape index (κ1) is 23.6. The van der Waals surface area contributed by atoms with Gasteiger partial charge in [-0.2, -0.15) is 0 Å². The molecule has 0 aliphatic heterocycles. The molecule has 0 heterocycles. The molecule has 0 saturated carbocycles. The molecule has 0 aliphatic carbocycles. The first-order valence-electron chi connectivity index (χ1n) is 10.3. The molecule has 2 N–H and O–H groups in total. The lowest BCUT2D eigenvalue weighted by molar-refractivity contribution is 0.0883. The maximum atomic E-state index is 12.8. The van der Waals surface area contributed by atoms with Crippen LogP contribution in [-0.4, -0.2) is 18.4 Å². The molecule has 5 nitrogen and oxygen atoms in total. The summed E-state index contributed by atoms with van der Waals surface area (Å²) in [5.74, 6) is -0.0115. The number of halogens is 2. The minimum absolute atomic E-state index is 0.368. The number of ether oxygens (including phenoxy) is 1. The summed E-state index contributed by atoms with van der Waals surface area (Å²) in [6, 6.07) is 20.5. The third-order valence-corrected chi connectivity index (χ3v) is 5.17. The summed E-state index contributed by atoms with van der Waals surface area (Å²) in [6.45, 7) is 2.73. The number of nitrogens with one attached hydrogen (secondary N) is 2. The fraction of sp³-hybridized carbons (Fsp3) is 0.200. The number of carbonyl (C=O) groups excluding carboxylic acids is 2. The van der Waals surface area contributed by atoms with Gasteiger partial charge >= 0.3 is 0 Å². The van der Waals surface area contributed by atoms with Crippen molar-refractivity contribution < 1.29 is 14.3 Å². The minimum Gasteiger partial charge on any atom is -0.494 e. The van der Waals surface area contributed by atoms with E-state index in [2.05, 4.69) is 17.6 Å². The molecule has 7 heteroatoms. The molecule has 0 atom stereocenters. The highest BCUT2D eigenvalue weighted by atomic mass is 35.5. The normalized spacial score (nSPS) is 10.6. The van der Waals surface area contributed by atoms with Crippen LogP contribution in [-0.2, 0) is 0 Å². The zero-order chi connectivity index (χ0) is 22.9. The molecular formula is C25H24Cl2N2O3. The van der Waals surface area contributed by atoms with Crippen molar-refractivity contribution in [2.45, 2.75) is 25.9 Å². The first-order valence-corrected chi connectivity index (χ1v) is 11.1. The van der Waals surface area contributed by atoms with Gasteiger partial charge in [0.2, 0.25) is 0 Å². The van der Waals surface area contributed by atoms with Crippen molar-refractivity contribution in [2.75, 3.05) is 6.61 Å². The third-order valence-electron chi connectivity index (χ3n) is 4.70. The van der Waals surface area contributed by atoms with Crippen LogP contribution in [0.25, 0.3) is 0 Å². The van der Waals surface area contributed by atoms with Crippen LogP contribution in [0.15, 0.2) is 72.8 Å². The molecule has 32 heavy (non-hydrogen) atoms. The maximum Gasteiger partial charge on any atom is 0.253 e. The topological polar surface area (TPSA) is 67.4 Å². The Kier molecular flexibility index (Phi) is 8.54. The molecule has 0 unspecified atom stereocenters. The van der Waals surface area contributed by atoms with Gasteiger partial charge in [-0.25, -0.2) is 0 Å². The largest absolute Gasteiger partial charge is 0.494 e. The Hall–Kier alpha value is -3.02. The number of amides is 2. The standard InChI is InChI=1S/C25H24Cl2N2O3/c1-2-3-14-32-22-12-10-17(11-13-22)23(28-24(30)18-6-4-8-20(26)15-18)29-25(31)19-7-5-9-21(27)16-19/h4-13,15-16,23H,2-3,14H2,1H3,(H,28,30)(H,29,31). The summed E-state index contributed by atoms with van der Waals surface area (Å²) in [4.78, 5) is 25.7. The van der Waals surface area contributed by atoms with Crippen LogP contribution in [0.1, 0.15) is 52.2 Å². The lowest BCUT2D eigenvalue weighted by Crippen LogP contribution is -2.41. The second-order valence-electron chi connectivity index (χ2n) is 7.17. The molecule has 0 aliphatic rings. The molecule has 3 aromatic rings. The number of hydrogen-bond donors (Lipinski definition) is 2. The van der Waals surface area contributed by atoms with E-state index in [9.17, 15) is 9.59 Å². The second-order valence-corrected chi connectivity index (χ2v) is 8.04. The fourth-order valence-corrected chi connectivity index (χ4v) is 3.36. The molecule has 0 aromatic heterocycles. The Morgan fingerprint density at radius 1 is 0.844 bits per heavy atom. The predicted octanol–water partition coefficient (Wildman–Crippen LogP) is 6.03. The van der Waals surface area contributed by atoms with Gasteiger partial charge in [-0.3, -0.25) is 9.59 Å². The zero-order valence-electron chi connectivity index (χ0n) is 17.6. The molecule has 0 spiro atoms. The van der Waals surface area contributed by atoms with E-state index in [0.29, 0.717) is 33.3 Å². The van der Waals surface area contributed by atoms with Crippen molar-refractivity contribution in [3.05, 3.63) is 99.5 Å². The number of benzene rings is 3. The highest BCUT2D eigenvalue weighted by molar-refractivity contribution is 6.31. The fourth-order valence-electron chi connectivity index (χ4n) is 2.98. The molecule has 2 amide bonds. The van der Waals surface area contributed by atoms with E-state index >= 15 is 0 Å². The SMILES string of the molecule is CCCCOc1ccc(C(NC(=O)c2cccc(Cl)c2)NC(=O)c2cccc(Cl)c2)cc1. The van der Waals surface area contributed by atoms with Crippen LogP contribution >= 0.6 is 23.2 Å². The van der Waals surface area contributed by atoms with Gasteiger partial charge in [0.15, 0.2) is 0 Å². The summed E-state index contributed by atoms with van der Waals surface area (Å²) < 4.78 is 5.70. The van der Waals surface area contributed by atoms with E-state index in [-0.39, 0.29) is 11.8 Å². The van der Waals surface area contributed by atoms with Crippen LogP contribution in [0.3, 0.4) is 0 Å². The van der Waals surface area contributed by atoms with Crippen LogP contribution in [0.2, 0.25) is 10.0 Å². The monoisotopic (exact) mass is 470 g/mol. The zero-order valence-corrected chi connectivity index (χ0v) is 19.1. The van der Waals surface area contributed by atoms with Crippen molar-refractivity contribution in [1.82, 2.24) is 10.6 Å². The molecule has 0 fully saturated rings. The number of unbranched alkanes of at least 4 members (excludes halogenated alkanes) is 1. The van der Waals surface area contributed by atoms with Crippen LogP contribution in [0.5, 0.6) is 5.75 Å². The Labute approximate surface area is 197 Å². The van der Waals surface area contributed by atoms with E-state index in [1.165, 1.54) is 0 Å². The van der Waals surface area contributed by atoms with Gasteiger partial charge in [0.25, 0.3) is 11.8 Å². The van der Waals surface area contributed by atoms with Crippen LogP contribution in [0.4, 0.5) is 0 Å². The summed E-state index contributed by atoms with van der Waals surface area (Å²) in [5.41, 5.74) is 1.47. The molecule has 3 rings (SSSR count). The van der Waals surface area contributed by atoms with Gasteiger partial charge in [0.1, 0.15) is 11.9 Å². The summed E-state index contributed by atoms with van der Waals surface area (Å²) >= 11 is 12.0. The lowest BCUT2D eigenvalue weighted by Gasteiger charge is -2.21. The summed E-state index contributed by atoms with van der Waals surface area (Å²) in [6.07, 6.45) is 1.23. The number of carbonyl (C=O) groups is 2. The number of hydrogen-bond acceptors (Lipinski definition) is 3. The van der Waals surface area contributed by atoms with E-state index in [1.807, 2.05) is 24.3 Å². The minimum atomic E-state index is -0.780. The first-order chi connectivity index (χ1) is 15.5. The van der Waals surface area contributed by atoms with Crippen LogP contribution in [0, 0.1) is 0 Å².